The minimum atomic E-state index is -0.602. The molecule has 20 heavy (non-hydrogen) atoms. The molecule has 3 unspecified atom stereocenters. The van der Waals surface area contributed by atoms with Gasteiger partial charge in [0, 0.05) is 19.6 Å². The first-order valence-electron chi connectivity index (χ1n) is 7.62. The summed E-state index contributed by atoms with van der Waals surface area (Å²) in [5, 5.41) is 3.33. The second kappa shape index (κ2) is 7.96. The summed E-state index contributed by atoms with van der Waals surface area (Å²) in [4.78, 5) is 14.4. The standard InChI is InChI=1S/C15H30N2O3/c1-6-8-16-15(4,14(18)19-5)7-9-17-10-12(2)20-13(3)11-17/h12-13,16H,6-11H2,1-5H3. The molecule has 0 spiro atoms. The monoisotopic (exact) mass is 286 g/mol. The van der Waals surface area contributed by atoms with E-state index in [9.17, 15) is 4.79 Å². The molecular weight excluding hydrogens is 256 g/mol. The summed E-state index contributed by atoms with van der Waals surface area (Å²) in [7, 11) is 1.45. The van der Waals surface area contributed by atoms with Gasteiger partial charge in [0.05, 0.1) is 19.3 Å². The van der Waals surface area contributed by atoms with E-state index in [1.54, 1.807) is 0 Å². The van der Waals surface area contributed by atoms with Crippen LogP contribution in [0.15, 0.2) is 0 Å². The molecule has 0 aromatic heterocycles. The van der Waals surface area contributed by atoms with Gasteiger partial charge in [-0.2, -0.15) is 0 Å². The van der Waals surface area contributed by atoms with Gasteiger partial charge in [0.2, 0.25) is 0 Å². The van der Waals surface area contributed by atoms with E-state index >= 15 is 0 Å². The first-order chi connectivity index (χ1) is 9.41. The van der Waals surface area contributed by atoms with Gasteiger partial charge in [-0.15, -0.1) is 0 Å². The van der Waals surface area contributed by atoms with Gasteiger partial charge < -0.3 is 14.8 Å². The smallest absolute Gasteiger partial charge is 0.325 e. The van der Waals surface area contributed by atoms with Crippen molar-refractivity contribution in [2.24, 2.45) is 0 Å². The number of hydrogen-bond donors (Lipinski definition) is 1. The van der Waals surface area contributed by atoms with Crippen LogP contribution in [0, 0.1) is 0 Å². The van der Waals surface area contributed by atoms with Crippen molar-refractivity contribution in [3.8, 4) is 0 Å². The molecule has 0 saturated carbocycles. The van der Waals surface area contributed by atoms with Gasteiger partial charge in [0.15, 0.2) is 0 Å². The van der Waals surface area contributed by atoms with Gasteiger partial charge in [0.1, 0.15) is 5.54 Å². The number of methoxy groups -OCH3 is 1. The highest BCUT2D eigenvalue weighted by molar-refractivity contribution is 5.80. The molecule has 1 aliphatic rings. The largest absolute Gasteiger partial charge is 0.468 e. The summed E-state index contributed by atoms with van der Waals surface area (Å²) in [5.41, 5.74) is -0.602. The van der Waals surface area contributed by atoms with E-state index in [0.717, 1.165) is 39.0 Å². The summed E-state index contributed by atoms with van der Waals surface area (Å²) < 4.78 is 10.7. The van der Waals surface area contributed by atoms with E-state index in [1.807, 2.05) is 6.92 Å². The summed E-state index contributed by atoms with van der Waals surface area (Å²) in [6.45, 7) is 11.8. The first kappa shape index (κ1) is 17.4. The third kappa shape index (κ3) is 5.04. The Hall–Kier alpha value is -0.650. The third-order valence-electron chi connectivity index (χ3n) is 3.82. The molecule has 1 aliphatic heterocycles. The van der Waals surface area contributed by atoms with E-state index in [-0.39, 0.29) is 18.2 Å². The van der Waals surface area contributed by atoms with Crippen LogP contribution in [0.5, 0.6) is 0 Å². The highest BCUT2D eigenvalue weighted by Crippen LogP contribution is 2.16. The Labute approximate surface area is 123 Å². The Bertz CT molecular complexity index is 301. The second-order valence-electron chi connectivity index (χ2n) is 6.02. The molecule has 0 bridgehead atoms. The minimum absolute atomic E-state index is 0.180. The number of esters is 1. The quantitative estimate of drug-likeness (QED) is 0.717. The molecule has 0 amide bonds. The molecule has 5 heteroatoms. The summed E-state index contributed by atoms with van der Waals surface area (Å²) in [6, 6.07) is 0. The topological polar surface area (TPSA) is 50.8 Å². The Morgan fingerprint density at radius 3 is 2.50 bits per heavy atom. The third-order valence-corrected chi connectivity index (χ3v) is 3.82. The van der Waals surface area contributed by atoms with Crippen LogP contribution in [0.3, 0.4) is 0 Å². The van der Waals surface area contributed by atoms with E-state index in [2.05, 4.69) is 31.0 Å². The van der Waals surface area contributed by atoms with Crippen molar-refractivity contribution in [2.75, 3.05) is 33.3 Å². The molecule has 5 nitrogen and oxygen atoms in total. The maximum absolute atomic E-state index is 12.0. The van der Waals surface area contributed by atoms with Crippen molar-refractivity contribution >= 4 is 5.97 Å². The average Bonchev–Trinajstić information content (AvgIpc) is 2.41. The maximum atomic E-state index is 12.0. The van der Waals surface area contributed by atoms with Gasteiger partial charge in [-0.3, -0.25) is 9.69 Å². The van der Waals surface area contributed by atoms with E-state index in [1.165, 1.54) is 7.11 Å². The fourth-order valence-electron chi connectivity index (χ4n) is 2.74. The van der Waals surface area contributed by atoms with E-state index in [4.69, 9.17) is 9.47 Å². The Morgan fingerprint density at radius 2 is 2.00 bits per heavy atom. The number of hydrogen-bond acceptors (Lipinski definition) is 5. The fraction of sp³-hybridized carbons (Fsp3) is 0.933. The van der Waals surface area contributed by atoms with Crippen LogP contribution >= 0.6 is 0 Å². The Balaban J connectivity index is 2.55. The zero-order chi connectivity index (χ0) is 15.2. The predicted molar refractivity (Wildman–Crippen MR) is 79.8 cm³/mol. The van der Waals surface area contributed by atoms with Crippen LogP contribution in [0.1, 0.15) is 40.5 Å². The Morgan fingerprint density at radius 1 is 1.40 bits per heavy atom. The van der Waals surface area contributed by atoms with Crippen LogP contribution in [-0.2, 0) is 14.3 Å². The van der Waals surface area contributed by atoms with Gasteiger partial charge in [0.25, 0.3) is 0 Å². The molecule has 0 radical (unpaired) electrons. The minimum Gasteiger partial charge on any atom is -0.468 e. The number of ether oxygens (including phenoxy) is 2. The molecule has 1 saturated heterocycles. The van der Waals surface area contributed by atoms with Gasteiger partial charge >= 0.3 is 5.97 Å². The van der Waals surface area contributed by atoms with E-state index in [0.29, 0.717) is 0 Å². The number of carbonyl (C=O) groups excluding carboxylic acids is 1. The van der Waals surface area contributed by atoms with Gasteiger partial charge in [-0.1, -0.05) is 6.92 Å². The molecule has 0 aliphatic carbocycles. The fourth-order valence-corrected chi connectivity index (χ4v) is 2.74. The van der Waals surface area contributed by atoms with Crippen molar-refractivity contribution in [2.45, 2.75) is 58.3 Å². The maximum Gasteiger partial charge on any atom is 0.325 e. The molecule has 118 valence electrons. The molecule has 1 fully saturated rings. The highest BCUT2D eigenvalue weighted by Gasteiger charge is 2.34. The highest BCUT2D eigenvalue weighted by atomic mass is 16.5. The van der Waals surface area contributed by atoms with Crippen LogP contribution < -0.4 is 5.32 Å². The first-order valence-corrected chi connectivity index (χ1v) is 7.62. The van der Waals surface area contributed by atoms with Crippen molar-refractivity contribution in [3.63, 3.8) is 0 Å². The molecule has 0 aromatic carbocycles. The lowest BCUT2D eigenvalue weighted by Gasteiger charge is -2.37. The molecular formula is C15H30N2O3. The van der Waals surface area contributed by atoms with Crippen molar-refractivity contribution in [3.05, 3.63) is 0 Å². The summed E-state index contributed by atoms with van der Waals surface area (Å²) in [6.07, 6.45) is 2.26. The molecule has 0 aromatic rings. The number of rotatable bonds is 7. The number of nitrogens with zero attached hydrogens (tertiary/aromatic N) is 1. The molecule has 1 heterocycles. The van der Waals surface area contributed by atoms with Crippen LogP contribution in [-0.4, -0.2) is 61.9 Å². The number of carbonyl (C=O) groups is 1. The second-order valence-corrected chi connectivity index (χ2v) is 6.02. The van der Waals surface area contributed by atoms with Crippen LogP contribution in [0.4, 0.5) is 0 Å². The zero-order valence-corrected chi connectivity index (χ0v) is 13.6. The van der Waals surface area contributed by atoms with Crippen molar-refractivity contribution < 1.29 is 14.3 Å². The lowest BCUT2D eigenvalue weighted by atomic mass is 9.97. The lowest BCUT2D eigenvalue weighted by molar-refractivity contribution is -0.148. The van der Waals surface area contributed by atoms with Crippen molar-refractivity contribution in [1.29, 1.82) is 0 Å². The Kier molecular flexibility index (Phi) is 6.92. The number of nitrogens with one attached hydrogen (secondary N) is 1. The number of morpholine rings is 1. The zero-order valence-electron chi connectivity index (χ0n) is 13.6. The molecule has 1 rings (SSSR count). The molecule has 1 N–H and O–H groups in total. The van der Waals surface area contributed by atoms with Crippen LogP contribution in [0.2, 0.25) is 0 Å². The summed E-state index contributed by atoms with van der Waals surface area (Å²) >= 11 is 0. The normalized spacial score (nSPS) is 27.1. The predicted octanol–water partition coefficient (Wildman–Crippen LogP) is 1.42. The van der Waals surface area contributed by atoms with Crippen LogP contribution in [0.25, 0.3) is 0 Å². The van der Waals surface area contributed by atoms with Gasteiger partial charge in [-0.25, -0.2) is 0 Å². The van der Waals surface area contributed by atoms with E-state index < -0.39 is 5.54 Å². The SMILES string of the molecule is CCCNC(C)(CCN1CC(C)OC(C)C1)C(=O)OC. The average molecular weight is 286 g/mol. The summed E-state index contributed by atoms with van der Waals surface area (Å²) in [5.74, 6) is -0.180. The lowest BCUT2D eigenvalue weighted by Crippen LogP contribution is -2.54. The van der Waals surface area contributed by atoms with Gasteiger partial charge in [-0.05, 0) is 40.2 Å². The molecule has 3 atom stereocenters. The van der Waals surface area contributed by atoms with Crippen molar-refractivity contribution in [1.82, 2.24) is 10.2 Å².